The first-order chi connectivity index (χ1) is 11.9. The molecular formula is C17H22N4O3S. The van der Waals surface area contributed by atoms with Crippen LogP contribution in [0.4, 0.5) is 10.5 Å². The summed E-state index contributed by atoms with van der Waals surface area (Å²) in [6.07, 6.45) is 0. The Kier molecular flexibility index (Phi) is 5.17. The van der Waals surface area contributed by atoms with E-state index >= 15 is 0 Å². The van der Waals surface area contributed by atoms with Crippen molar-refractivity contribution in [2.75, 3.05) is 37.2 Å². The van der Waals surface area contributed by atoms with Gasteiger partial charge in [-0.3, -0.25) is 9.59 Å². The molecule has 0 spiro atoms. The van der Waals surface area contributed by atoms with E-state index in [0.29, 0.717) is 43.2 Å². The van der Waals surface area contributed by atoms with Gasteiger partial charge < -0.3 is 20.4 Å². The number of nitrogens with zero attached hydrogens (tertiary/aromatic N) is 2. The van der Waals surface area contributed by atoms with Gasteiger partial charge in [-0.1, -0.05) is 0 Å². The first kappa shape index (κ1) is 17.6. The van der Waals surface area contributed by atoms with Gasteiger partial charge in [0.15, 0.2) is 0 Å². The second-order valence-corrected chi connectivity index (χ2v) is 7.45. The van der Waals surface area contributed by atoms with Crippen LogP contribution in [0.5, 0.6) is 0 Å². The third-order valence-corrected chi connectivity index (χ3v) is 5.20. The Balaban J connectivity index is 1.62. The van der Waals surface area contributed by atoms with E-state index in [4.69, 9.17) is 0 Å². The number of anilines is 1. The molecule has 2 aliphatic rings. The van der Waals surface area contributed by atoms with Crippen LogP contribution in [0.15, 0.2) is 23.1 Å². The highest BCUT2D eigenvalue weighted by molar-refractivity contribution is 8.00. The van der Waals surface area contributed by atoms with Gasteiger partial charge in [0.2, 0.25) is 5.91 Å². The second-order valence-electron chi connectivity index (χ2n) is 6.43. The summed E-state index contributed by atoms with van der Waals surface area (Å²) < 4.78 is 0. The molecule has 1 aromatic carbocycles. The molecule has 8 heteroatoms. The zero-order chi connectivity index (χ0) is 18.0. The van der Waals surface area contributed by atoms with Gasteiger partial charge in [-0.25, -0.2) is 4.79 Å². The van der Waals surface area contributed by atoms with Crippen molar-refractivity contribution in [1.82, 2.24) is 15.1 Å². The first-order valence-corrected chi connectivity index (χ1v) is 9.34. The van der Waals surface area contributed by atoms with Gasteiger partial charge in [0.05, 0.1) is 11.4 Å². The summed E-state index contributed by atoms with van der Waals surface area (Å²) in [4.78, 5) is 40.7. The monoisotopic (exact) mass is 362 g/mol. The molecule has 4 amide bonds. The number of carbonyl (C=O) groups is 3. The zero-order valence-corrected chi connectivity index (χ0v) is 15.2. The fourth-order valence-corrected chi connectivity index (χ4v) is 3.64. The molecular weight excluding hydrogens is 340 g/mol. The van der Waals surface area contributed by atoms with Gasteiger partial charge in [0, 0.05) is 42.7 Å². The fraction of sp³-hybridized carbons (Fsp3) is 0.471. The molecule has 0 aliphatic carbocycles. The number of piperazine rings is 1. The predicted molar refractivity (Wildman–Crippen MR) is 96.9 cm³/mol. The minimum absolute atomic E-state index is 0.0492. The van der Waals surface area contributed by atoms with E-state index in [-0.39, 0.29) is 23.9 Å². The Morgan fingerprint density at radius 1 is 1.16 bits per heavy atom. The van der Waals surface area contributed by atoms with Crippen LogP contribution in [0.25, 0.3) is 0 Å². The number of benzene rings is 1. The van der Waals surface area contributed by atoms with E-state index in [1.165, 1.54) is 11.8 Å². The maximum atomic E-state index is 12.7. The molecule has 0 aromatic heterocycles. The van der Waals surface area contributed by atoms with Crippen molar-refractivity contribution in [1.29, 1.82) is 0 Å². The van der Waals surface area contributed by atoms with Crippen LogP contribution < -0.4 is 10.6 Å². The van der Waals surface area contributed by atoms with Crippen molar-refractivity contribution < 1.29 is 14.4 Å². The van der Waals surface area contributed by atoms with Crippen LogP contribution >= 0.6 is 11.8 Å². The predicted octanol–water partition coefficient (Wildman–Crippen LogP) is 1.61. The molecule has 0 radical (unpaired) electrons. The number of carbonyl (C=O) groups excluding carboxylic acids is 3. The molecule has 0 saturated carbocycles. The third-order valence-electron chi connectivity index (χ3n) is 4.13. The van der Waals surface area contributed by atoms with Gasteiger partial charge in [0.25, 0.3) is 5.91 Å². The molecule has 2 aliphatic heterocycles. The average Bonchev–Trinajstić information content (AvgIpc) is 2.60. The van der Waals surface area contributed by atoms with Gasteiger partial charge >= 0.3 is 6.03 Å². The maximum absolute atomic E-state index is 12.7. The summed E-state index contributed by atoms with van der Waals surface area (Å²) >= 11 is 1.47. The molecule has 0 unspecified atom stereocenters. The standard InChI is InChI=1S/C17H22N4O3S/c1-11(2)18-17(24)21-7-5-20(6-8-21)16(23)12-3-4-14-13(9-12)19-15(22)10-25-14/h3-4,9,11H,5-8,10H2,1-2H3,(H,18,24)(H,19,22). The Labute approximate surface area is 151 Å². The topological polar surface area (TPSA) is 81.8 Å². The van der Waals surface area contributed by atoms with Crippen molar-refractivity contribution in [2.24, 2.45) is 0 Å². The Morgan fingerprint density at radius 3 is 2.52 bits per heavy atom. The van der Waals surface area contributed by atoms with Crippen LogP contribution in [0.3, 0.4) is 0 Å². The number of hydrogen-bond donors (Lipinski definition) is 2. The van der Waals surface area contributed by atoms with Gasteiger partial charge in [-0.2, -0.15) is 0 Å². The van der Waals surface area contributed by atoms with Crippen LogP contribution in [0, 0.1) is 0 Å². The summed E-state index contributed by atoms with van der Waals surface area (Å²) in [5.41, 5.74) is 1.25. The minimum atomic E-state index is -0.0874. The summed E-state index contributed by atoms with van der Waals surface area (Å²) in [5.74, 6) is 0.282. The number of rotatable bonds is 2. The molecule has 0 atom stereocenters. The van der Waals surface area contributed by atoms with Crippen LogP contribution in [0.2, 0.25) is 0 Å². The molecule has 2 heterocycles. The smallest absolute Gasteiger partial charge is 0.317 e. The molecule has 3 rings (SSSR count). The SMILES string of the molecule is CC(C)NC(=O)N1CCN(C(=O)c2ccc3c(c2)NC(=O)CS3)CC1. The van der Waals surface area contributed by atoms with Gasteiger partial charge in [-0.05, 0) is 32.0 Å². The molecule has 1 saturated heterocycles. The number of urea groups is 1. The summed E-state index contributed by atoms with van der Waals surface area (Å²) in [6.45, 7) is 5.88. The molecule has 134 valence electrons. The zero-order valence-electron chi connectivity index (χ0n) is 14.4. The minimum Gasteiger partial charge on any atom is -0.336 e. The number of thioether (sulfide) groups is 1. The van der Waals surface area contributed by atoms with Crippen molar-refractivity contribution in [3.8, 4) is 0 Å². The highest BCUT2D eigenvalue weighted by atomic mass is 32.2. The van der Waals surface area contributed by atoms with Crippen LogP contribution in [0.1, 0.15) is 24.2 Å². The Bertz CT molecular complexity index is 699. The number of amides is 4. The van der Waals surface area contributed by atoms with Gasteiger partial charge in [0.1, 0.15) is 0 Å². The lowest BCUT2D eigenvalue weighted by Gasteiger charge is -2.35. The fourth-order valence-electron chi connectivity index (χ4n) is 2.85. The lowest BCUT2D eigenvalue weighted by molar-refractivity contribution is -0.113. The number of nitrogens with one attached hydrogen (secondary N) is 2. The van der Waals surface area contributed by atoms with Crippen molar-refractivity contribution in [3.05, 3.63) is 23.8 Å². The third kappa shape index (κ3) is 4.07. The number of hydrogen-bond acceptors (Lipinski definition) is 4. The normalized spacial score (nSPS) is 17.2. The average molecular weight is 362 g/mol. The van der Waals surface area contributed by atoms with Crippen LogP contribution in [-0.2, 0) is 4.79 Å². The van der Waals surface area contributed by atoms with Crippen molar-refractivity contribution in [3.63, 3.8) is 0 Å². The van der Waals surface area contributed by atoms with Crippen LogP contribution in [-0.4, -0.2) is 65.6 Å². The molecule has 7 nitrogen and oxygen atoms in total. The number of fused-ring (bicyclic) bond motifs is 1. The van der Waals surface area contributed by atoms with Gasteiger partial charge in [-0.15, -0.1) is 11.8 Å². The molecule has 1 fully saturated rings. The lowest BCUT2D eigenvalue weighted by atomic mass is 10.1. The summed E-state index contributed by atoms with van der Waals surface area (Å²) in [6, 6.07) is 5.41. The molecule has 25 heavy (non-hydrogen) atoms. The second kappa shape index (κ2) is 7.35. The van der Waals surface area contributed by atoms with E-state index in [9.17, 15) is 14.4 Å². The first-order valence-electron chi connectivity index (χ1n) is 8.35. The largest absolute Gasteiger partial charge is 0.336 e. The van der Waals surface area contributed by atoms with Crippen molar-refractivity contribution in [2.45, 2.75) is 24.8 Å². The van der Waals surface area contributed by atoms with E-state index in [2.05, 4.69) is 10.6 Å². The Morgan fingerprint density at radius 2 is 1.84 bits per heavy atom. The molecule has 0 bridgehead atoms. The van der Waals surface area contributed by atoms with E-state index < -0.39 is 0 Å². The molecule has 2 N–H and O–H groups in total. The Hall–Kier alpha value is -2.22. The quantitative estimate of drug-likeness (QED) is 0.837. The lowest BCUT2D eigenvalue weighted by Crippen LogP contribution is -2.54. The summed E-state index contributed by atoms with van der Waals surface area (Å²) in [7, 11) is 0. The highest BCUT2D eigenvalue weighted by Crippen LogP contribution is 2.32. The maximum Gasteiger partial charge on any atom is 0.317 e. The van der Waals surface area contributed by atoms with E-state index in [0.717, 1.165) is 4.90 Å². The molecule has 1 aromatic rings. The van der Waals surface area contributed by atoms with Crippen molar-refractivity contribution >= 4 is 35.3 Å². The highest BCUT2D eigenvalue weighted by Gasteiger charge is 2.26. The van der Waals surface area contributed by atoms with E-state index in [1.54, 1.807) is 21.9 Å². The van der Waals surface area contributed by atoms with E-state index in [1.807, 2.05) is 19.9 Å². The summed E-state index contributed by atoms with van der Waals surface area (Å²) in [5, 5.41) is 5.67.